The lowest BCUT2D eigenvalue weighted by Crippen LogP contribution is -1.96. The third kappa shape index (κ3) is 5.01. The molecular formula is C46H30N2. The van der Waals surface area contributed by atoms with Gasteiger partial charge >= 0.3 is 0 Å². The van der Waals surface area contributed by atoms with E-state index in [1.54, 1.807) is 0 Å². The van der Waals surface area contributed by atoms with Crippen molar-refractivity contribution in [2.45, 2.75) is 0 Å². The van der Waals surface area contributed by atoms with Crippen molar-refractivity contribution >= 4 is 32.3 Å². The molecule has 9 aromatic rings. The van der Waals surface area contributed by atoms with Crippen molar-refractivity contribution in [3.8, 4) is 56.2 Å². The van der Waals surface area contributed by atoms with E-state index in [1.165, 1.54) is 43.4 Å². The Kier molecular flexibility index (Phi) is 6.84. The Morgan fingerprint density at radius 1 is 0.229 bits per heavy atom. The van der Waals surface area contributed by atoms with Crippen molar-refractivity contribution in [2.24, 2.45) is 0 Å². The first-order chi connectivity index (χ1) is 23.8. The molecular weight excluding hydrogens is 581 g/mol. The maximum absolute atomic E-state index is 5.25. The molecule has 0 saturated carbocycles. The van der Waals surface area contributed by atoms with Gasteiger partial charge in [-0.1, -0.05) is 158 Å². The molecule has 2 heteroatoms. The van der Waals surface area contributed by atoms with Gasteiger partial charge in [0, 0.05) is 16.7 Å². The van der Waals surface area contributed by atoms with Crippen LogP contribution in [0.3, 0.4) is 0 Å². The Morgan fingerprint density at radius 3 is 1.12 bits per heavy atom. The SMILES string of the molecule is c1ccc(-c2cccc(-c3cc(-c4cccc(-c5ccccc5)c4)nc(-c4ccc5c6ccccc6c6ccccc6c5c4)n3)c2)cc1. The van der Waals surface area contributed by atoms with Crippen molar-refractivity contribution in [1.82, 2.24) is 9.97 Å². The average molecular weight is 611 g/mol. The summed E-state index contributed by atoms with van der Waals surface area (Å²) in [6.07, 6.45) is 0. The van der Waals surface area contributed by atoms with Gasteiger partial charge in [0.25, 0.3) is 0 Å². The van der Waals surface area contributed by atoms with Crippen molar-refractivity contribution in [3.05, 3.63) is 182 Å². The van der Waals surface area contributed by atoms with Crippen molar-refractivity contribution in [3.63, 3.8) is 0 Å². The second-order valence-corrected chi connectivity index (χ2v) is 12.2. The van der Waals surface area contributed by atoms with E-state index in [-0.39, 0.29) is 0 Å². The van der Waals surface area contributed by atoms with Crippen LogP contribution >= 0.6 is 0 Å². The highest BCUT2D eigenvalue weighted by Gasteiger charge is 2.15. The number of hydrogen-bond donors (Lipinski definition) is 0. The van der Waals surface area contributed by atoms with E-state index in [4.69, 9.17) is 9.97 Å². The molecule has 0 radical (unpaired) electrons. The van der Waals surface area contributed by atoms with Crippen LogP contribution in [0.1, 0.15) is 0 Å². The van der Waals surface area contributed by atoms with Gasteiger partial charge in [0.15, 0.2) is 5.82 Å². The van der Waals surface area contributed by atoms with E-state index in [0.29, 0.717) is 5.82 Å². The lowest BCUT2D eigenvalue weighted by atomic mass is 9.93. The number of fused-ring (bicyclic) bond motifs is 6. The van der Waals surface area contributed by atoms with E-state index in [1.807, 2.05) is 0 Å². The molecule has 0 fully saturated rings. The highest BCUT2D eigenvalue weighted by molar-refractivity contribution is 6.25. The molecule has 0 atom stereocenters. The van der Waals surface area contributed by atoms with Crippen LogP contribution in [-0.4, -0.2) is 9.97 Å². The first-order valence-electron chi connectivity index (χ1n) is 16.3. The van der Waals surface area contributed by atoms with Gasteiger partial charge in [-0.2, -0.15) is 0 Å². The number of nitrogens with zero attached hydrogens (tertiary/aromatic N) is 2. The largest absolute Gasteiger partial charge is 0.228 e. The molecule has 1 heterocycles. The van der Waals surface area contributed by atoms with Crippen LogP contribution in [0.4, 0.5) is 0 Å². The molecule has 0 spiro atoms. The lowest BCUT2D eigenvalue weighted by molar-refractivity contribution is 1.18. The third-order valence-electron chi connectivity index (χ3n) is 9.26. The summed E-state index contributed by atoms with van der Waals surface area (Å²) in [5.74, 6) is 0.705. The van der Waals surface area contributed by atoms with Crippen LogP contribution in [0.15, 0.2) is 182 Å². The summed E-state index contributed by atoms with van der Waals surface area (Å²) in [5.41, 5.74) is 9.55. The van der Waals surface area contributed by atoms with Gasteiger partial charge in [-0.15, -0.1) is 0 Å². The Balaban J connectivity index is 1.26. The maximum Gasteiger partial charge on any atom is 0.160 e. The minimum atomic E-state index is 0.705. The zero-order valence-corrected chi connectivity index (χ0v) is 26.2. The molecule has 224 valence electrons. The topological polar surface area (TPSA) is 25.8 Å². The molecule has 0 N–H and O–H groups in total. The number of hydrogen-bond acceptors (Lipinski definition) is 2. The van der Waals surface area contributed by atoms with Gasteiger partial charge in [-0.25, -0.2) is 9.97 Å². The van der Waals surface area contributed by atoms with Gasteiger partial charge in [-0.05, 0) is 78.8 Å². The molecule has 0 amide bonds. The summed E-state index contributed by atoms with van der Waals surface area (Å²) < 4.78 is 0. The molecule has 0 aliphatic carbocycles. The smallest absolute Gasteiger partial charge is 0.160 e. The van der Waals surface area contributed by atoms with Crippen LogP contribution in [0, 0.1) is 0 Å². The lowest BCUT2D eigenvalue weighted by Gasteiger charge is -2.13. The predicted molar refractivity (Wildman–Crippen MR) is 202 cm³/mol. The fraction of sp³-hybridized carbons (Fsp3) is 0. The molecule has 1 aromatic heterocycles. The molecule has 8 aromatic carbocycles. The summed E-state index contributed by atoms with van der Waals surface area (Å²) in [5, 5.41) is 7.44. The molecule has 0 unspecified atom stereocenters. The first-order valence-corrected chi connectivity index (χ1v) is 16.3. The Hall–Kier alpha value is -6.38. The molecule has 2 nitrogen and oxygen atoms in total. The molecule has 48 heavy (non-hydrogen) atoms. The number of rotatable bonds is 5. The van der Waals surface area contributed by atoms with Gasteiger partial charge < -0.3 is 0 Å². The van der Waals surface area contributed by atoms with Gasteiger partial charge in [0.2, 0.25) is 0 Å². The molecule has 0 aliphatic rings. The van der Waals surface area contributed by atoms with Crippen LogP contribution < -0.4 is 0 Å². The van der Waals surface area contributed by atoms with E-state index < -0.39 is 0 Å². The highest BCUT2D eigenvalue weighted by atomic mass is 14.9. The number of aromatic nitrogens is 2. The Morgan fingerprint density at radius 2 is 0.625 bits per heavy atom. The summed E-state index contributed by atoms with van der Waals surface area (Å²) in [4.78, 5) is 10.5. The quantitative estimate of drug-likeness (QED) is 0.181. The standard InChI is InChI=1S/C46H30N2/c1-3-13-31(14-4-1)33-17-11-19-35(27-33)44-30-45(36-20-12-18-34(28-36)32-15-5-2-6-16-32)48-46(47-44)37-25-26-42-40-23-8-7-21-38(40)39-22-9-10-24-41(39)43(42)29-37/h1-30H. The van der Waals surface area contributed by atoms with Crippen molar-refractivity contribution < 1.29 is 0 Å². The summed E-state index contributed by atoms with van der Waals surface area (Å²) in [6, 6.07) is 64.5. The zero-order chi connectivity index (χ0) is 31.9. The van der Waals surface area contributed by atoms with E-state index in [0.717, 1.165) is 39.2 Å². The molecule has 0 aliphatic heterocycles. The monoisotopic (exact) mass is 610 g/mol. The van der Waals surface area contributed by atoms with Gasteiger partial charge in [0.05, 0.1) is 11.4 Å². The normalized spacial score (nSPS) is 11.3. The minimum Gasteiger partial charge on any atom is -0.228 e. The molecule has 0 bridgehead atoms. The first kappa shape index (κ1) is 27.9. The fourth-order valence-electron chi connectivity index (χ4n) is 6.90. The van der Waals surface area contributed by atoms with E-state index >= 15 is 0 Å². The zero-order valence-electron chi connectivity index (χ0n) is 26.2. The fourth-order valence-corrected chi connectivity index (χ4v) is 6.90. The van der Waals surface area contributed by atoms with Crippen LogP contribution in [0.5, 0.6) is 0 Å². The average Bonchev–Trinajstić information content (AvgIpc) is 3.18. The summed E-state index contributed by atoms with van der Waals surface area (Å²) in [6.45, 7) is 0. The predicted octanol–water partition coefficient (Wildman–Crippen LogP) is 12.3. The van der Waals surface area contributed by atoms with Gasteiger partial charge in [0.1, 0.15) is 0 Å². The van der Waals surface area contributed by atoms with Crippen LogP contribution in [-0.2, 0) is 0 Å². The number of benzene rings is 8. The van der Waals surface area contributed by atoms with Crippen molar-refractivity contribution in [1.29, 1.82) is 0 Å². The van der Waals surface area contributed by atoms with Crippen LogP contribution in [0.25, 0.3) is 88.5 Å². The summed E-state index contributed by atoms with van der Waals surface area (Å²) in [7, 11) is 0. The minimum absolute atomic E-state index is 0.705. The second-order valence-electron chi connectivity index (χ2n) is 12.2. The van der Waals surface area contributed by atoms with Crippen molar-refractivity contribution in [2.75, 3.05) is 0 Å². The molecule has 9 rings (SSSR count). The van der Waals surface area contributed by atoms with Gasteiger partial charge in [-0.3, -0.25) is 0 Å². The third-order valence-corrected chi connectivity index (χ3v) is 9.26. The Labute approximate surface area is 279 Å². The second kappa shape index (κ2) is 11.8. The molecule has 0 saturated heterocycles. The Bertz CT molecular complexity index is 2470. The van der Waals surface area contributed by atoms with Crippen LogP contribution in [0.2, 0.25) is 0 Å². The van der Waals surface area contributed by atoms with E-state index in [9.17, 15) is 0 Å². The highest BCUT2D eigenvalue weighted by Crippen LogP contribution is 2.38. The summed E-state index contributed by atoms with van der Waals surface area (Å²) >= 11 is 0. The van der Waals surface area contributed by atoms with E-state index in [2.05, 4.69) is 182 Å². The maximum atomic E-state index is 5.25.